The van der Waals surface area contributed by atoms with Crippen LogP contribution in [0.25, 0.3) is 10.9 Å². The van der Waals surface area contributed by atoms with Crippen LogP contribution >= 0.6 is 0 Å². The number of ether oxygens (including phenoxy) is 2. The minimum atomic E-state index is -4.24. The largest absolute Gasteiger partial charge is 0.457 e. The highest BCUT2D eigenvalue weighted by atomic mass is 19.1. The van der Waals surface area contributed by atoms with E-state index in [1.54, 1.807) is 47.0 Å². The molecule has 3 aromatic carbocycles. The molecule has 0 saturated carbocycles. The Kier molecular flexibility index (Phi) is 9.31. The molecule has 8 N–H and O–H groups in total. The number of amides is 2. The van der Waals surface area contributed by atoms with E-state index in [2.05, 4.69) is 9.84 Å². The van der Waals surface area contributed by atoms with E-state index in [0.717, 1.165) is 12.8 Å². The lowest BCUT2D eigenvalue weighted by molar-refractivity contribution is -0.580. The Morgan fingerprint density at radius 1 is 0.915 bits per heavy atom. The zero-order valence-electron chi connectivity index (χ0n) is 24.9. The number of likely N-dealkylation sites (tertiary alicyclic amines) is 1. The fourth-order valence-corrected chi connectivity index (χ4v) is 5.26. The Morgan fingerprint density at radius 2 is 1.51 bits per heavy atom. The second-order valence-electron chi connectivity index (χ2n) is 11.2. The topological polar surface area (TPSA) is 227 Å². The third-order valence-corrected chi connectivity index (χ3v) is 7.77. The second-order valence-corrected chi connectivity index (χ2v) is 11.2. The molecule has 47 heavy (non-hydrogen) atoms. The zero-order chi connectivity index (χ0) is 34.1. The van der Waals surface area contributed by atoms with Gasteiger partial charge in [-0.05, 0) is 91.9 Å². The van der Waals surface area contributed by atoms with Crippen molar-refractivity contribution in [2.24, 2.45) is 5.92 Å². The van der Waals surface area contributed by atoms with Gasteiger partial charge in [-0.1, -0.05) is 0 Å². The highest BCUT2D eigenvalue weighted by Crippen LogP contribution is 2.27. The number of nitrogens with one attached hydrogen (secondary N) is 1. The Morgan fingerprint density at radius 3 is 2.11 bits per heavy atom. The number of carbonyl (C=O) groups excluding carboxylic acids is 2. The van der Waals surface area contributed by atoms with Gasteiger partial charge in [-0.25, -0.2) is 9.13 Å². The summed E-state index contributed by atoms with van der Waals surface area (Å²) in [6.45, 7) is 3.17. The number of hydrogen-bond acceptors (Lipinski definition) is 12. The number of fused-ring (bicyclic) bond motifs is 1. The molecule has 15 nitrogen and oxygen atoms in total. The number of halogens is 1. The minimum Gasteiger partial charge on any atom is -0.457 e. The number of piperidine rings is 1. The van der Waals surface area contributed by atoms with Gasteiger partial charge in [0.25, 0.3) is 11.8 Å². The van der Waals surface area contributed by atoms with E-state index in [9.17, 15) is 34.4 Å². The maximum absolute atomic E-state index is 13.1. The number of aromatic nitrogens is 2. The fraction of sp³-hybridized carbons (Fsp3) is 0.323. The summed E-state index contributed by atoms with van der Waals surface area (Å²) in [7, 11) is 0. The van der Waals surface area contributed by atoms with Crippen LogP contribution in [0.5, 0.6) is 11.5 Å². The highest BCUT2D eigenvalue weighted by Gasteiger charge is 2.55. The molecule has 16 heteroatoms. The van der Waals surface area contributed by atoms with Crippen LogP contribution in [0.2, 0.25) is 0 Å². The molecule has 1 aliphatic heterocycles. The third kappa shape index (κ3) is 7.90. The molecule has 0 bridgehead atoms. The number of aryl methyl sites for hydroxylation is 1. The summed E-state index contributed by atoms with van der Waals surface area (Å²) < 4.78 is 24.1. The van der Waals surface area contributed by atoms with Crippen LogP contribution in [0.1, 0.15) is 39.1 Å². The number of rotatable bonds is 10. The molecule has 1 aliphatic rings. The summed E-state index contributed by atoms with van der Waals surface area (Å²) in [4.78, 5) is 27.7. The van der Waals surface area contributed by atoms with Crippen molar-refractivity contribution in [2.45, 2.75) is 44.4 Å². The van der Waals surface area contributed by atoms with Gasteiger partial charge in [0, 0.05) is 42.3 Å². The van der Waals surface area contributed by atoms with Crippen molar-refractivity contribution < 1.29 is 59.2 Å². The SMILES string of the molecule is Cc1c(C(=O)NC(O)(O)C(O)(O)OC(O)(O)O)ccc2nn(CC3CCN(C(=O)c4ccc(Oc5ccc(F)cc5)cc4)CC3)cc12. The Balaban J connectivity index is 1.17. The number of benzene rings is 3. The lowest BCUT2D eigenvalue weighted by Crippen LogP contribution is -2.68. The molecule has 2 heterocycles. The Bertz CT molecular complexity index is 1740. The Hall–Kier alpha value is -4.52. The van der Waals surface area contributed by atoms with Crippen molar-refractivity contribution in [1.29, 1.82) is 0 Å². The van der Waals surface area contributed by atoms with Crippen molar-refractivity contribution in [3.63, 3.8) is 0 Å². The van der Waals surface area contributed by atoms with E-state index in [0.29, 0.717) is 53.2 Å². The van der Waals surface area contributed by atoms with E-state index >= 15 is 0 Å². The fourth-order valence-electron chi connectivity index (χ4n) is 5.26. The van der Waals surface area contributed by atoms with Gasteiger partial charge >= 0.3 is 18.0 Å². The van der Waals surface area contributed by atoms with Gasteiger partial charge in [0.2, 0.25) is 0 Å². The maximum atomic E-state index is 13.1. The van der Waals surface area contributed by atoms with Gasteiger partial charge < -0.3 is 45.4 Å². The standard InChI is InChI=1S/C31H33FN4O11/c1-18-24(27(37)33-29(39,40)30(41,42)47-31(43,44)45)10-11-26-25(18)17-36(34-26)16-19-12-14-35(15-13-19)28(38)20-2-6-22(7-3-20)46-23-8-4-21(32)5-9-23/h2-11,17,19,39-45H,12-16H2,1H3,(H,33,37). The summed E-state index contributed by atoms with van der Waals surface area (Å²) in [5.74, 6) is -8.71. The summed E-state index contributed by atoms with van der Waals surface area (Å²) in [5, 5.41) is 72.1. The van der Waals surface area contributed by atoms with Crippen LogP contribution in [0, 0.1) is 18.7 Å². The maximum Gasteiger partial charge on any atom is 0.409 e. The molecule has 0 radical (unpaired) electrons. The molecule has 1 aromatic heterocycles. The summed E-state index contributed by atoms with van der Waals surface area (Å²) in [5.41, 5.74) is 1.30. The van der Waals surface area contributed by atoms with Crippen molar-refractivity contribution in [3.05, 3.63) is 89.4 Å². The first-order valence-corrected chi connectivity index (χ1v) is 14.4. The number of aliphatic hydroxyl groups is 7. The number of hydrogen-bond donors (Lipinski definition) is 8. The second kappa shape index (κ2) is 12.9. The predicted octanol–water partition coefficient (Wildman–Crippen LogP) is 0.440. The quantitative estimate of drug-likeness (QED) is 0.109. The van der Waals surface area contributed by atoms with E-state index in [1.165, 1.54) is 41.7 Å². The van der Waals surface area contributed by atoms with Gasteiger partial charge in [-0.15, -0.1) is 0 Å². The van der Waals surface area contributed by atoms with Gasteiger partial charge in [-0.3, -0.25) is 19.6 Å². The monoisotopic (exact) mass is 656 g/mol. The summed E-state index contributed by atoms with van der Waals surface area (Å²) >= 11 is 0. The van der Waals surface area contributed by atoms with Crippen LogP contribution in [-0.2, 0) is 11.3 Å². The first kappa shape index (κ1) is 33.8. The van der Waals surface area contributed by atoms with E-state index in [-0.39, 0.29) is 23.2 Å². The van der Waals surface area contributed by atoms with E-state index in [1.807, 2.05) is 0 Å². The van der Waals surface area contributed by atoms with Crippen molar-refractivity contribution >= 4 is 22.7 Å². The molecule has 0 atom stereocenters. The molecule has 2 amide bonds. The van der Waals surface area contributed by atoms with Crippen molar-refractivity contribution in [2.75, 3.05) is 13.1 Å². The first-order chi connectivity index (χ1) is 22.0. The predicted molar refractivity (Wildman–Crippen MR) is 158 cm³/mol. The Labute approximate surface area is 266 Å². The van der Waals surface area contributed by atoms with E-state index < -0.39 is 24.0 Å². The molecule has 4 aromatic rings. The van der Waals surface area contributed by atoms with Crippen LogP contribution < -0.4 is 10.1 Å². The van der Waals surface area contributed by atoms with Crippen LogP contribution in [0.3, 0.4) is 0 Å². The molecule has 0 unspecified atom stereocenters. The molecule has 0 spiro atoms. The van der Waals surface area contributed by atoms with Gasteiger partial charge in [-0.2, -0.15) is 5.10 Å². The highest BCUT2D eigenvalue weighted by molar-refractivity contribution is 6.00. The lowest BCUT2D eigenvalue weighted by Gasteiger charge is -2.35. The molecular weight excluding hydrogens is 623 g/mol. The van der Waals surface area contributed by atoms with Gasteiger partial charge in [0.15, 0.2) is 0 Å². The summed E-state index contributed by atoms with van der Waals surface area (Å²) in [6, 6.07) is 15.2. The molecule has 0 aliphatic carbocycles. The normalized spacial score (nSPS) is 14.8. The summed E-state index contributed by atoms with van der Waals surface area (Å²) in [6.07, 6.45) is -1.02. The van der Waals surface area contributed by atoms with Crippen LogP contribution in [0.15, 0.2) is 66.9 Å². The first-order valence-electron chi connectivity index (χ1n) is 14.4. The van der Waals surface area contributed by atoms with Gasteiger partial charge in [0.1, 0.15) is 17.3 Å². The smallest absolute Gasteiger partial charge is 0.409 e. The molecule has 1 saturated heterocycles. The minimum absolute atomic E-state index is 0.104. The lowest BCUT2D eigenvalue weighted by atomic mass is 9.96. The van der Waals surface area contributed by atoms with Crippen LogP contribution in [0.4, 0.5) is 4.39 Å². The van der Waals surface area contributed by atoms with Crippen molar-refractivity contribution in [1.82, 2.24) is 20.0 Å². The van der Waals surface area contributed by atoms with Crippen LogP contribution in [-0.4, -0.2) is 93.4 Å². The molecule has 250 valence electrons. The van der Waals surface area contributed by atoms with Crippen molar-refractivity contribution in [3.8, 4) is 11.5 Å². The number of nitrogens with zero attached hydrogens (tertiary/aromatic N) is 3. The van der Waals surface area contributed by atoms with E-state index in [4.69, 9.17) is 20.1 Å². The third-order valence-electron chi connectivity index (χ3n) is 7.77. The average Bonchev–Trinajstić information content (AvgIpc) is 3.41. The molecule has 5 rings (SSSR count). The van der Waals surface area contributed by atoms with Gasteiger partial charge in [0.05, 0.1) is 5.52 Å². The molecular formula is C31H33FN4O11. The average molecular weight is 657 g/mol. The molecule has 1 fully saturated rings. The zero-order valence-corrected chi connectivity index (χ0v) is 24.9. The number of carbonyl (C=O) groups is 2.